The Balaban J connectivity index is 1.43. The molecule has 0 saturated carbocycles. The van der Waals surface area contributed by atoms with Gasteiger partial charge in [-0.1, -0.05) is 23.7 Å². The average molecular weight is 389 g/mol. The van der Waals surface area contributed by atoms with E-state index in [1.165, 1.54) is 12.8 Å². The van der Waals surface area contributed by atoms with Gasteiger partial charge in [0.2, 0.25) is 0 Å². The molecule has 2 fully saturated rings. The molecule has 0 bridgehead atoms. The van der Waals surface area contributed by atoms with E-state index in [1.54, 1.807) is 4.68 Å². The number of aromatic nitrogens is 3. The van der Waals surface area contributed by atoms with Gasteiger partial charge < -0.3 is 4.74 Å². The fourth-order valence-corrected chi connectivity index (χ4v) is 4.80. The van der Waals surface area contributed by atoms with Crippen molar-refractivity contribution in [3.8, 4) is 0 Å². The van der Waals surface area contributed by atoms with Gasteiger partial charge in [0.15, 0.2) is 0 Å². The molecular formula is C20H25ClN4O2. The summed E-state index contributed by atoms with van der Waals surface area (Å²) in [4.78, 5) is 15.7. The minimum absolute atomic E-state index is 0.0205. The van der Waals surface area contributed by atoms with Gasteiger partial charge in [0.25, 0.3) is 0 Å². The van der Waals surface area contributed by atoms with Gasteiger partial charge >= 0.3 is 5.69 Å². The lowest BCUT2D eigenvalue weighted by Gasteiger charge is -2.22. The molecule has 3 aliphatic rings. The molecule has 0 amide bonds. The first-order chi connectivity index (χ1) is 13.1. The molecule has 0 aliphatic carbocycles. The number of benzene rings is 1. The molecule has 0 N–H and O–H groups in total. The van der Waals surface area contributed by atoms with Gasteiger partial charge in [0.05, 0.1) is 12.1 Å². The van der Waals surface area contributed by atoms with Crippen LogP contribution in [-0.4, -0.2) is 44.7 Å². The van der Waals surface area contributed by atoms with E-state index in [1.807, 2.05) is 35.8 Å². The Morgan fingerprint density at radius 2 is 1.93 bits per heavy atom. The van der Waals surface area contributed by atoms with Gasteiger partial charge in [-0.25, -0.2) is 9.48 Å². The zero-order valence-corrected chi connectivity index (χ0v) is 16.3. The summed E-state index contributed by atoms with van der Waals surface area (Å²) < 4.78 is 9.58. The van der Waals surface area contributed by atoms with Crippen molar-refractivity contribution in [2.45, 2.75) is 63.4 Å². The Labute approximate surface area is 163 Å². The maximum absolute atomic E-state index is 13.2. The van der Waals surface area contributed by atoms with E-state index < -0.39 is 0 Å². The van der Waals surface area contributed by atoms with Crippen molar-refractivity contribution in [3.05, 3.63) is 51.2 Å². The second kappa shape index (κ2) is 6.76. The second-order valence-corrected chi connectivity index (χ2v) is 8.37. The van der Waals surface area contributed by atoms with Gasteiger partial charge in [0.1, 0.15) is 18.2 Å². The highest BCUT2D eigenvalue weighted by Gasteiger charge is 2.51. The third-order valence-corrected chi connectivity index (χ3v) is 6.49. The van der Waals surface area contributed by atoms with Crippen LogP contribution in [0, 0.1) is 0 Å². The summed E-state index contributed by atoms with van der Waals surface area (Å²) in [5.41, 5.74) is 1.01. The van der Waals surface area contributed by atoms with Crippen LogP contribution in [0.1, 0.15) is 56.1 Å². The van der Waals surface area contributed by atoms with Crippen LogP contribution >= 0.6 is 11.6 Å². The molecule has 2 saturated heterocycles. The van der Waals surface area contributed by atoms with Crippen molar-refractivity contribution in [2.75, 3.05) is 13.1 Å². The summed E-state index contributed by atoms with van der Waals surface area (Å²) in [6.07, 6.45) is 5.72. The number of ether oxygens (including phenoxy) is 1. The van der Waals surface area contributed by atoms with Crippen molar-refractivity contribution in [1.82, 2.24) is 19.2 Å². The molecule has 5 rings (SSSR count). The molecule has 27 heavy (non-hydrogen) atoms. The predicted octanol–water partition coefficient (Wildman–Crippen LogP) is 3.01. The molecule has 4 atom stereocenters. The van der Waals surface area contributed by atoms with Crippen LogP contribution in [0.15, 0.2) is 29.1 Å². The number of halogens is 1. The Bertz CT molecular complexity index is 884. The highest BCUT2D eigenvalue weighted by molar-refractivity contribution is 6.30. The minimum Gasteiger partial charge on any atom is -0.351 e. The first kappa shape index (κ1) is 17.5. The highest BCUT2D eigenvalue weighted by atomic mass is 35.5. The smallest absolute Gasteiger partial charge is 0.346 e. The van der Waals surface area contributed by atoms with Crippen molar-refractivity contribution >= 4 is 11.6 Å². The maximum Gasteiger partial charge on any atom is 0.346 e. The van der Waals surface area contributed by atoms with Gasteiger partial charge in [-0.3, -0.25) is 9.47 Å². The number of fused-ring (bicyclic) bond motifs is 1. The predicted molar refractivity (Wildman–Crippen MR) is 103 cm³/mol. The maximum atomic E-state index is 13.2. The third-order valence-electron chi connectivity index (χ3n) is 6.24. The fraction of sp³-hybridized carbons (Fsp3) is 0.600. The standard InChI is InChI=1S/C20H25ClN4O2/c1-13(14-7-9-15(21)10-8-14)25-20(26)24-16(5-4-6-17(24)22-25)18-19(27-18)23-11-2-3-12-23/h7-10,13,16,18-19H,2-6,11-12H2,1H3. The normalized spacial score (nSPS) is 28.9. The lowest BCUT2D eigenvalue weighted by molar-refractivity contribution is 0.206. The molecule has 2 aromatic rings. The van der Waals surface area contributed by atoms with Gasteiger partial charge in [-0.15, -0.1) is 0 Å². The number of hydrogen-bond acceptors (Lipinski definition) is 4. The minimum atomic E-state index is -0.122. The Morgan fingerprint density at radius 1 is 1.19 bits per heavy atom. The van der Waals surface area contributed by atoms with Gasteiger partial charge in [0, 0.05) is 24.5 Å². The fourth-order valence-electron chi connectivity index (χ4n) is 4.67. The zero-order valence-electron chi connectivity index (χ0n) is 15.6. The van der Waals surface area contributed by atoms with Crippen molar-refractivity contribution in [2.24, 2.45) is 0 Å². The van der Waals surface area contributed by atoms with Crippen molar-refractivity contribution in [3.63, 3.8) is 0 Å². The van der Waals surface area contributed by atoms with E-state index in [-0.39, 0.29) is 30.1 Å². The summed E-state index contributed by atoms with van der Waals surface area (Å²) in [5.74, 6) is 0.896. The number of aryl methyl sites for hydroxylation is 1. The Hall–Kier alpha value is -1.63. The average Bonchev–Trinajstić information content (AvgIpc) is 3.13. The summed E-state index contributed by atoms with van der Waals surface area (Å²) in [7, 11) is 0. The van der Waals surface area contributed by atoms with Crippen LogP contribution in [-0.2, 0) is 11.2 Å². The van der Waals surface area contributed by atoms with Crippen LogP contribution in [0.3, 0.4) is 0 Å². The van der Waals surface area contributed by atoms with Gasteiger partial charge in [-0.05, 0) is 50.3 Å². The molecule has 7 heteroatoms. The van der Waals surface area contributed by atoms with Crippen LogP contribution in [0.25, 0.3) is 0 Å². The summed E-state index contributed by atoms with van der Waals surface area (Å²) in [6.45, 7) is 4.24. The Kier molecular flexibility index (Phi) is 4.37. The van der Waals surface area contributed by atoms with Crippen molar-refractivity contribution in [1.29, 1.82) is 0 Å². The summed E-state index contributed by atoms with van der Waals surface area (Å²) >= 11 is 6.00. The summed E-state index contributed by atoms with van der Waals surface area (Å²) in [5, 5.41) is 5.39. The largest absolute Gasteiger partial charge is 0.351 e. The number of hydrogen-bond donors (Lipinski definition) is 0. The molecule has 3 aliphatic heterocycles. The molecule has 6 nitrogen and oxygen atoms in total. The molecule has 1 aromatic carbocycles. The van der Waals surface area contributed by atoms with E-state index in [4.69, 9.17) is 21.4 Å². The van der Waals surface area contributed by atoms with E-state index >= 15 is 0 Å². The molecular weight excluding hydrogens is 364 g/mol. The third kappa shape index (κ3) is 3.04. The number of likely N-dealkylation sites (tertiary alicyclic amines) is 1. The summed E-state index contributed by atoms with van der Waals surface area (Å²) in [6, 6.07) is 7.62. The molecule has 4 unspecified atom stereocenters. The monoisotopic (exact) mass is 388 g/mol. The Morgan fingerprint density at radius 3 is 2.67 bits per heavy atom. The first-order valence-corrected chi connectivity index (χ1v) is 10.4. The molecule has 4 heterocycles. The SMILES string of the molecule is CC(c1ccc(Cl)cc1)n1nc2n(c1=O)C(C1OC1N1CCCC1)CCC2. The second-order valence-electron chi connectivity index (χ2n) is 7.93. The van der Waals surface area contributed by atoms with Crippen LogP contribution in [0.4, 0.5) is 0 Å². The van der Waals surface area contributed by atoms with E-state index in [2.05, 4.69) is 4.90 Å². The molecule has 1 aromatic heterocycles. The molecule has 0 spiro atoms. The van der Waals surface area contributed by atoms with Crippen molar-refractivity contribution < 1.29 is 4.74 Å². The number of nitrogens with zero attached hydrogens (tertiary/aromatic N) is 4. The molecule has 144 valence electrons. The first-order valence-electron chi connectivity index (χ1n) is 9.98. The zero-order chi connectivity index (χ0) is 18.5. The molecule has 0 radical (unpaired) electrons. The quantitative estimate of drug-likeness (QED) is 0.755. The van der Waals surface area contributed by atoms with Crippen LogP contribution in [0.5, 0.6) is 0 Å². The van der Waals surface area contributed by atoms with Gasteiger partial charge in [-0.2, -0.15) is 5.10 Å². The lowest BCUT2D eigenvalue weighted by atomic mass is 10.0. The van der Waals surface area contributed by atoms with Crippen LogP contribution in [0.2, 0.25) is 5.02 Å². The lowest BCUT2D eigenvalue weighted by Crippen LogP contribution is -2.36. The van der Waals surface area contributed by atoms with E-state index in [0.29, 0.717) is 5.02 Å². The van der Waals surface area contributed by atoms with Crippen LogP contribution < -0.4 is 5.69 Å². The van der Waals surface area contributed by atoms with E-state index in [0.717, 1.165) is 43.7 Å². The highest BCUT2D eigenvalue weighted by Crippen LogP contribution is 2.40. The van der Waals surface area contributed by atoms with E-state index in [9.17, 15) is 4.79 Å². The number of epoxide rings is 1. The topological polar surface area (TPSA) is 55.6 Å². The number of rotatable bonds is 4.